The Morgan fingerprint density at radius 2 is 2.24 bits per heavy atom. The number of hydrazone groups is 1. The van der Waals surface area contributed by atoms with Crippen LogP contribution in [0.3, 0.4) is 0 Å². The van der Waals surface area contributed by atoms with Gasteiger partial charge in [0.25, 0.3) is 0 Å². The monoisotopic (exact) mass is 238 g/mol. The van der Waals surface area contributed by atoms with Crippen molar-refractivity contribution >= 4 is 11.6 Å². The summed E-state index contributed by atoms with van der Waals surface area (Å²) in [6.45, 7) is 4.43. The molecule has 0 bridgehead atoms. The summed E-state index contributed by atoms with van der Waals surface area (Å²) in [6, 6.07) is 0. The topological polar surface area (TPSA) is 41.5 Å². The van der Waals surface area contributed by atoms with E-state index in [9.17, 15) is 4.79 Å². The van der Waals surface area contributed by atoms with E-state index in [1.54, 1.807) is 0 Å². The van der Waals surface area contributed by atoms with E-state index < -0.39 is 0 Å². The molecule has 0 saturated heterocycles. The van der Waals surface area contributed by atoms with E-state index in [0.717, 1.165) is 31.6 Å². The number of carbonyl (C=O) groups excluding carboxylic acids is 1. The van der Waals surface area contributed by atoms with E-state index in [-0.39, 0.29) is 5.91 Å². The molecule has 0 aromatic carbocycles. The Balaban J connectivity index is 2.15. The molecule has 1 amide bonds. The third kappa shape index (κ3) is 6.44. The summed E-state index contributed by atoms with van der Waals surface area (Å²) in [4.78, 5) is 11.5. The van der Waals surface area contributed by atoms with Crippen LogP contribution in [0.25, 0.3) is 0 Å². The van der Waals surface area contributed by atoms with Crippen LogP contribution in [-0.4, -0.2) is 11.6 Å². The maximum Gasteiger partial charge on any atom is 0.240 e. The Morgan fingerprint density at radius 1 is 1.41 bits per heavy atom. The summed E-state index contributed by atoms with van der Waals surface area (Å²) in [5.74, 6) is 0.802. The number of nitrogens with one attached hydrogen (secondary N) is 1. The van der Waals surface area contributed by atoms with Crippen LogP contribution in [0.5, 0.6) is 0 Å². The third-order valence-electron chi connectivity index (χ3n) is 3.34. The normalized spacial score (nSPS) is 22.7. The Labute approximate surface area is 105 Å². The van der Waals surface area contributed by atoms with Crippen molar-refractivity contribution in [3.05, 3.63) is 0 Å². The number of hydrogen-bond donors (Lipinski definition) is 1. The molecule has 1 fully saturated rings. The van der Waals surface area contributed by atoms with Gasteiger partial charge in [0.05, 0.1) is 0 Å². The highest BCUT2D eigenvalue weighted by Gasteiger charge is 2.14. The van der Waals surface area contributed by atoms with Crippen LogP contribution < -0.4 is 5.43 Å². The molecule has 3 heteroatoms. The fourth-order valence-corrected chi connectivity index (χ4v) is 2.27. The Hall–Kier alpha value is -0.860. The van der Waals surface area contributed by atoms with Gasteiger partial charge in [0, 0.05) is 12.1 Å². The largest absolute Gasteiger partial charge is 0.273 e. The van der Waals surface area contributed by atoms with E-state index in [4.69, 9.17) is 0 Å². The Bertz CT molecular complexity index is 261. The highest BCUT2D eigenvalue weighted by molar-refractivity contribution is 5.87. The minimum absolute atomic E-state index is 0.0758. The lowest BCUT2D eigenvalue weighted by atomic mass is 9.89. The van der Waals surface area contributed by atoms with Crippen molar-refractivity contribution in [1.82, 2.24) is 5.43 Å². The maximum absolute atomic E-state index is 11.5. The number of hydrogen-bond acceptors (Lipinski definition) is 2. The molecule has 0 heterocycles. The van der Waals surface area contributed by atoms with Gasteiger partial charge in [-0.3, -0.25) is 4.79 Å². The first kappa shape index (κ1) is 14.2. The molecule has 1 saturated carbocycles. The molecule has 1 atom stereocenters. The number of unbranched alkanes of at least 4 members (excludes halogenated alkanes) is 3. The van der Waals surface area contributed by atoms with Crippen molar-refractivity contribution in [2.24, 2.45) is 11.0 Å². The molecule has 1 rings (SSSR count). The molecular formula is C14H26N2O. The zero-order valence-electron chi connectivity index (χ0n) is 11.3. The van der Waals surface area contributed by atoms with Gasteiger partial charge in [-0.1, -0.05) is 33.1 Å². The molecule has 1 unspecified atom stereocenters. The van der Waals surface area contributed by atoms with Gasteiger partial charge in [0.1, 0.15) is 0 Å². The molecule has 3 nitrogen and oxygen atoms in total. The molecular weight excluding hydrogens is 212 g/mol. The van der Waals surface area contributed by atoms with Crippen molar-refractivity contribution in [3.63, 3.8) is 0 Å². The van der Waals surface area contributed by atoms with Crippen LogP contribution in [0.15, 0.2) is 5.10 Å². The van der Waals surface area contributed by atoms with Crippen LogP contribution in [0.2, 0.25) is 0 Å². The van der Waals surface area contributed by atoms with Gasteiger partial charge < -0.3 is 0 Å². The second kappa shape index (κ2) is 8.26. The van der Waals surface area contributed by atoms with Gasteiger partial charge in [0.2, 0.25) is 5.91 Å². The van der Waals surface area contributed by atoms with Gasteiger partial charge in [0.15, 0.2) is 0 Å². The summed E-state index contributed by atoms with van der Waals surface area (Å²) < 4.78 is 0. The Kier molecular flexibility index (Phi) is 6.90. The average Bonchev–Trinajstić information content (AvgIpc) is 2.32. The smallest absolute Gasteiger partial charge is 0.240 e. The summed E-state index contributed by atoms with van der Waals surface area (Å²) in [7, 11) is 0. The van der Waals surface area contributed by atoms with Crippen molar-refractivity contribution in [2.75, 3.05) is 0 Å². The lowest BCUT2D eigenvalue weighted by molar-refractivity contribution is -0.121. The molecule has 0 aromatic heterocycles. The van der Waals surface area contributed by atoms with E-state index in [1.807, 2.05) is 0 Å². The van der Waals surface area contributed by atoms with Crippen LogP contribution in [-0.2, 0) is 4.79 Å². The number of nitrogens with zero attached hydrogens (tertiary/aromatic N) is 1. The van der Waals surface area contributed by atoms with Crippen LogP contribution in [0.1, 0.15) is 71.6 Å². The lowest BCUT2D eigenvalue weighted by Gasteiger charge is -2.18. The van der Waals surface area contributed by atoms with Crippen molar-refractivity contribution in [1.29, 1.82) is 0 Å². The third-order valence-corrected chi connectivity index (χ3v) is 3.34. The number of rotatable bonds is 6. The molecule has 1 aliphatic carbocycles. The fourth-order valence-electron chi connectivity index (χ4n) is 2.27. The molecule has 98 valence electrons. The first-order chi connectivity index (χ1) is 8.22. The minimum atomic E-state index is 0.0758. The average molecular weight is 238 g/mol. The zero-order chi connectivity index (χ0) is 12.5. The molecule has 0 aliphatic heterocycles. The molecule has 1 N–H and O–H groups in total. The first-order valence-electron chi connectivity index (χ1n) is 7.06. The van der Waals surface area contributed by atoms with E-state index in [1.165, 1.54) is 31.4 Å². The first-order valence-corrected chi connectivity index (χ1v) is 7.06. The van der Waals surface area contributed by atoms with Crippen LogP contribution in [0, 0.1) is 5.92 Å². The minimum Gasteiger partial charge on any atom is -0.273 e. The quantitative estimate of drug-likeness (QED) is 0.557. The fraction of sp³-hybridized carbons (Fsp3) is 0.857. The van der Waals surface area contributed by atoms with E-state index in [2.05, 4.69) is 24.4 Å². The maximum atomic E-state index is 11.5. The highest BCUT2D eigenvalue weighted by Crippen LogP contribution is 2.20. The Morgan fingerprint density at radius 3 is 2.94 bits per heavy atom. The SMILES string of the molecule is CCCCCCC(=O)NN=C1CCCC(C)C1. The van der Waals surface area contributed by atoms with Crippen molar-refractivity contribution < 1.29 is 4.79 Å². The number of amides is 1. The summed E-state index contributed by atoms with van der Waals surface area (Å²) in [6.07, 6.45) is 9.80. The van der Waals surface area contributed by atoms with Gasteiger partial charge in [-0.2, -0.15) is 5.10 Å². The zero-order valence-corrected chi connectivity index (χ0v) is 11.3. The van der Waals surface area contributed by atoms with Crippen molar-refractivity contribution in [3.8, 4) is 0 Å². The van der Waals surface area contributed by atoms with Gasteiger partial charge in [-0.15, -0.1) is 0 Å². The van der Waals surface area contributed by atoms with E-state index >= 15 is 0 Å². The van der Waals surface area contributed by atoms with Gasteiger partial charge in [-0.25, -0.2) is 5.43 Å². The predicted molar refractivity (Wildman–Crippen MR) is 72.0 cm³/mol. The molecule has 0 radical (unpaired) electrons. The molecule has 1 aliphatic rings. The lowest BCUT2D eigenvalue weighted by Crippen LogP contribution is -2.21. The predicted octanol–water partition coefficient (Wildman–Crippen LogP) is 3.64. The van der Waals surface area contributed by atoms with Crippen LogP contribution in [0.4, 0.5) is 0 Å². The van der Waals surface area contributed by atoms with Gasteiger partial charge >= 0.3 is 0 Å². The molecule has 0 spiro atoms. The standard InChI is InChI=1S/C14H26N2O/c1-3-4-5-6-10-14(17)16-15-13-9-7-8-12(2)11-13/h12H,3-11H2,1-2H3,(H,16,17). The summed E-state index contributed by atoms with van der Waals surface area (Å²) in [5.41, 5.74) is 3.87. The second-order valence-corrected chi connectivity index (χ2v) is 5.23. The second-order valence-electron chi connectivity index (χ2n) is 5.23. The van der Waals surface area contributed by atoms with Crippen molar-refractivity contribution in [2.45, 2.75) is 71.6 Å². The summed E-state index contributed by atoms with van der Waals surface area (Å²) in [5, 5.41) is 4.25. The van der Waals surface area contributed by atoms with E-state index in [0.29, 0.717) is 6.42 Å². The van der Waals surface area contributed by atoms with Crippen LogP contribution >= 0.6 is 0 Å². The summed E-state index contributed by atoms with van der Waals surface area (Å²) >= 11 is 0. The van der Waals surface area contributed by atoms with Gasteiger partial charge in [-0.05, 0) is 38.0 Å². The molecule has 0 aromatic rings. The number of carbonyl (C=O) groups is 1. The molecule has 17 heavy (non-hydrogen) atoms. The highest BCUT2D eigenvalue weighted by atomic mass is 16.2.